The van der Waals surface area contributed by atoms with E-state index >= 15 is 0 Å². The van der Waals surface area contributed by atoms with Crippen molar-refractivity contribution in [2.45, 2.75) is 39.2 Å². The maximum atomic E-state index is 12.6. The average Bonchev–Trinajstić information content (AvgIpc) is 3.11. The predicted molar refractivity (Wildman–Crippen MR) is 93.9 cm³/mol. The van der Waals surface area contributed by atoms with E-state index < -0.39 is 17.5 Å². The van der Waals surface area contributed by atoms with Gasteiger partial charge in [0.15, 0.2) is 11.5 Å². The molecule has 2 aliphatic rings. The molecule has 1 saturated heterocycles. The zero-order valence-electron chi connectivity index (χ0n) is 15.1. The van der Waals surface area contributed by atoms with Gasteiger partial charge in [-0.1, -0.05) is 13.8 Å². The monoisotopic (exact) mass is 361 g/mol. The number of hydrogen-bond donors (Lipinski definition) is 2. The first-order valence-electron chi connectivity index (χ1n) is 8.62. The smallest absolute Gasteiger partial charge is 0.325 e. The Kier molecular flexibility index (Phi) is 4.76. The quantitative estimate of drug-likeness (QED) is 0.757. The van der Waals surface area contributed by atoms with E-state index in [1.54, 1.807) is 25.1 Å². The van der Waals surface area contributed by atoms with Gasteiger partial charge < -0.3 is 20.1 Å². The molecular formula is C18H23N3O5. The molecule has 0 bridgehead atoms. The van der Waals surface area contributed by atoms with Crippen LogP contribution in [-0.2, 0) is 9.59 Å². The van der Waals surface area contributed by atoms with Crippen molar-refractivity contribution in [2.75, 3.05) is 18.7 Å². The van der Waals surface area contributed by atoms with Gasteiger partial charge in [-0.25, -0.2) is 4.79 Å². The first-order valence-corrected chi connectivity index (χ1v) is 8.62. The number of amides is 4. The zero-order valence-corrected chi connectivity index (χ0v) is 15.1. The molecule has 0 aliphatic carbocycles. The summed E-state index contributed by atoms with van der Waals surface area (Å²) in [7, 11) is 0. The number of carbonyl (C=O) groups excluding carboxylic acids is 3. The molecule has 1 atom stereocenters. The fraction of sp³-hybridized carbons (Fsp3) is 0.500. The van der Waals surface area contributed by atoms with Crippen LogP contribution in [0.15, 0.2) is 18.2 Å². The summed E-state index contributed by atoms with van der Waals surface area (Å²) in [4.78, 5) is 38.0. The lowest BCUT2D eigenvalue weighted by atomic mass is 9.92. The number of benzene rings is 1. The minimum Gasteiger partial charge on any atom is -0.454 e. The Morgan fingerprint density at radius 3 is 2.77 bits per heavy atom. The Morgan fingerprint density at radius 1 is 1.31 bits per heavy atom. The minimum atomic E-state index is -0.958. The Morgan fingerprint density at radius 2 is 2.04 bits per heavy atom. The van der Waals surface area contributed by atoms with Crippen LogP contribution in [0.2, 0.25) is 0 Å². The van der Waals surface area contributed by atoms with Crippen LogP contribution in [0.1, 0.15) is 33.6 Å². The number of nitrogens with one attached hydrogen (secondary N) is 2. The first kappa shape index (κ1) is 18.0. The van der Waals surface area contributed by atoms with Gasteiger partial charge in [-0.15, -0.1) is 0 Å². The Balaban J connectivity index is 1.62. The van der Waals surface area contributed by atoms with Gasteiger partial charge in [0.25, 0.3) is 5.91 Å². The van der Waals surface area contributed by atoms with Gasteiger partial charge in [0.2, 0.25) is 12.7 Å². The highest BCUT2D eigenvalue weighted by atomic mass is 16.7. The normalized spacial score (nSPS) is 21.3. The number of hydrogen-bond acceptors (Lipinski definition) is 5. The third kappa shape index (κ3) is 3.58. The number of rotatable bonds is 6. The molecule has 2 N–H and O–H groups in total. The summed E-state index contributed by atoms with van der Waals surface area (Å²) in [5.41, 5.74) is -0.450. The summed E-state index contributed by atoms with van der Waals surface area (Å²) in [6, 6.07) is 4.46. The molecule has 1 fully saturated rings. The molecule has 2 aliphatic heterocycles. The largest absolute Gasteiger partial charge is 0.454 e. The number of fused-ring (bicyclic) bond motifs is 1. The van der Waals surface area contributed by atoms with E-state index in [-0.39, 0.29) is 19.2 Å². The van der Waals surface area contributed by atoms with Crippen LogP contribution in [-0.4, -0.2) is 41.6 Å². The third-order valence-corrected chi connectivity index (χ3v) is 4.52. The lowest BCUT2D eigenvalue weighted by Gasteiger charge is -2.22. The van der Waals surface area contributed by atoms with Gasteiger partial charge in [0.1, 0.15) is 12.1 Å². The summed E-state index contributed by atoms with van der Waals surface area (Å²) in [5, 5.41) is 5.38. The number of nitrogens with zero attached hydrogens (tertiary/aromatic N) is 1. The highest BCUT2D eigenvalue weighted by molar-refractivity contribution is 6.09. The molecule has 1 aromatic carbocycles. The van der Waals surface area contributed by atoms with Crippen LogP contribution in [0.4, 0.5) is 10.5 Å². The van der Waals surface area contributed by atoms with Crippen molar-refractivity contribution in [1.29, 1.82) is 0 Å². The summed E-state index contributed by atoms with van der Waals surface area (Å²) < 4.78 is 10.5. The van der Waals surface area contributed by atoms with Gasteiger partial charge in [-0.3, -0.25) is 14.5 Å². The maximum Gasteiger partial charge on any atom is 0.325 e. The van der Waals surface area contributed by atoms with Crippen molar-refractivity contribution in [3.05, 3.63) is 18.2 Å². The second-order valence-electron chi connectivity index (χ2n) is 7.20. The van der Waals surface area contributed by atoms with Crippen molar-refractivity contribution < 1.29 is 23.9 Å². The molecule has 8 nitrogen and oxygen atoms in total. The molecule has 0 saturated carbocycles. The van der Waals surface area contributed by atoms with Gasteiger partial charge in [0.05, 0.1) is 0 Å². The first-order chi connectivity index (χ1) is 12.3. The van der Waals surface area contributed by atoms with Crippen molar-refractivity contribution in [3.8, 4) is 11.5 Å². The Bertz CT molecular complexity index is 748. The van der Waals surface area contributed by atoms with Crippen LogP contribution in [0.3, 0.4) is 0 Å². The molecule has 140 valence electrons. The number of imide groups is 1. The van der Waals surface area contributed by atoms with E-state index in [1.165, 1.54) is 0 Å². The number of ether oxygens (including phenoxy) is 2. The van der Waals surface area contributed by atoms with Crippen LogP contribution >= 0.6 is 0 Å². The van der Waals surface area contributed by atoms with E-state index in [9.17, 15) is 14.4 Å². The second-order valence-corrected chi connectivity index (χ2v) is 7.20. The van der Waals surface area contributed by atoms with Crippen LogP contribution in [0.25, 0.3) is 0 Å². The molecule has 0 spiro atoms. The van der Waals surface area contributed by atoms with Crippen LogP contribution in [0.5, 0.6) is 11.5 Å². The Hall–Kier alpha value is -2.77. The van der Waals surface area contributed by atoms with E-state index in [0.717, 1.165) is 11.3 Å². The summed E-state index contributed by atoms with van der Waals surface area (Å²) >= 11 is 0. The molecule has 1 aromatic rings. The van der Waals surface area contributed by atoms with E-state index in [1.807, 2.05) is 0 Å². The summed E-state index contributed by atoms with van der Waals surface area (Å²) in [6.45, 7) is 5.62. The van der Waals surface area contributed by atoms with Gasteiger partial charge in [0, 0.05) is 11.8 Å². The number of carbonyl (C=O) groups is 3. The van der Waals surface area contributed by atoms with Crippen LogP contribution < -0.4 is 20.1 Å². The highest BCUT2D eigenvalue weighted by Crippen LogP contribution is 2.34. The zero-order chi connectivity index (χ0) is 18.9. The van der Waals surface area contributed by atoms with Gasteiger partial charge in [-0.2, -0.15) is 0 Å². The number of urea groups is 1. The highest BCUT2D eigenvalue weighted by Gasteiger charge is 2.47. The SMILES string of the molecule is CC(C)CCC1(C)NC(=O)N(CC(=O)Nc2ccc3c(c2)OCO3)C1=O. The van der Waals surface area contributed by atoms with E-state index in [2.05, 4.69) is 24.5 Å². The molecule has 1 unspecified atom stereocenters. The summed E-state index contributed by atoms with van der Waals surface area (Å²) in [5.74, 6) is 0.737. The maximum absolute atomic E-state index is 12.6. The van der Waals surface area contributed by atoms with Crippen molar-refractivity contribution in [2.24, 2.45) is 5.92 Å². The van der Waals surface area contributed by atoms with E-state index in [4.69, 9.17) is 9.47 Å². The molecule has 0 aromatic heterocycles. The standard InChI is InChI=1S/C18H23N3O5/c1-11(2)6-7-18(3)16(23)21(17(24)20-18)9-15(22)19-12-4-5-13-14(8-12)26-10-25-13/h4-5,8,11H,6-7,9-10H2,1-3H3,(H,19,22)(H,20,24). The molecule has 4 amide bonds. The molecule has 3 rings (SSSR count). The average molecular weight is 361 g/mol. The molecular weight excluding hydrogens is 338 g/mol. The predicted octanol–water partition coefficient (Wildman–Crippen LogP) is 2.10. The van der Waals surface area contributed by atoms with E-state index in [0.29, 0.717) is 29.5 Å². The Labute approximate surface area is 151 Å². The van der Waals surface area contributed by atoms with Crippen molar-refractivity contribution in [1.82, 2.24) is 10.2 Å². The molecule has 8 heteroatoms. The minimum absolute atomic E-state index is 0.143. The van der Waals surface area contributed by atoms with Crippen molar-refractivity contribution in [3.63, 3.8) is 0 Å². The fourth-order valence-corrected chi connectivity index (χ4v) is 2.96. The lowest BCUT2D eigenvalue weighted by Crippen LogP contribution is -2.44. The molecule has 2 heterocycles. The second kappa shape index (κ2) is 6.86. The number of anilines is 1. The topological polar surface area (TPSA) is 97.0 Å². The van der Waals surface area contributed by atoms with Gasteiger partial charge in [-0.05, 0) is 37.8 Å². The molecule has 26 heavy (non-hydrogen) atoms. The van der Waals surface area contributed by atoms with Gasteiger partial charge >= 0.3 is 6.03 Å². The lowest BCUT2D eigenvalue weighted by molar-refractivity contribution is -0.133. The third-order valence-electron chi connectivity index (χ3n) is 4.52. The molecule has 0 radical (unpaired) electrons. The van der Waals surface area contributed by atoms with Crippen molar-refractivity contribution >= 4 is 23.5 Å². The summed E-state index contributed by atoms with van der Waals surface area (Å²) in [6.07, 6.45) is 1.34. The fourth-order valence-electron chi connectivity index (χ4n) is 2.96. The van der Waals surface area contributed by atoms with Crippen LogP contribution in [0, 0.1) is 5.92 Å².